The van der Waals surface area contributed by atoms with Crippen molar-refractivity contribution in [2.24, 2.45) is 0 Å². The van der Waals surface area contributed by atoms with E-state index in [-0.39, 0.29) is 5.56 Å². The highest BCUT2D eigenvalue weighted by molar-refractivity contribution is 9.10. The predicted molar refractivity (Wildman–Crippen MR) is 87.1 cm³/mol. The van der Waals surface area contributed by atoms with Gasteiger partial charge in [-0.3, -0.25) is 20.4 Å². The second-order valence-electron chi connectivity index (χ2n) is 4.23. The summed E-state index contributed by atoms with van der Waals surface area (Å²) >= 11 is 9.11. The molecule has 2 aromatic carbocycles. The number of amides is 2. The number of rotatable bonds is 3. The van der Waals surface area contributed by atoms with E-state index in [1.807, 2.05) is 0 Å². The van der Waals surface area contributed by atoms with Crippen molar-refractivity contribution in [3.8, 4) is 5.75 Å². The molecular weight excluding hydrogens is 372 g/mol. The van der Waals surface area contributed by atoms with Gasteiger partial charge in [0.25, 0.3) is 11.8 Å². The Hall–Kier alpha value is -2.05. The predicted octanol–water partition coefficient (Wildman–Crippen LogP) is 3.19. The highest BCUT2D eigenvalue weighted by Gasteiger charge is 2.15. The average Bonchev–Trinajstić information content (AvgIpc) is 2.52. The van der Waals surface area contributed by atoms with Crippen molar-refractivity contribution in [2.45, 2.75) is 0 Å². The molecule has 114 valence electrons. The van der Waals surface area contributed by atoms with Gasteiger partial charge in [0.1, 0.15) is 5.75 Å². The summed E-state index contributed by atoms with van der Waals surface area (Å²) in [6.07, 6.45) is 0. The van der Waals surface area contributed by atoms with Gasteiger partial charge in [-0.05, 0) is 46.3 Å². The van der Waals surface area contributed by atoms with Gasteiger partial charge in [0, 0.05) is 9.50 Å². The van der Waals surface area contributed by atoms with Crippen molar-refractivity contribution in [1.29, 1.82) is 0 Å². The number of carbonyl (C=O) groups is 2. The Kier molecular flexibility index (Phi) is 5.41. The molecule has 0 spiro atoms. The first-order chi connectivity index (χ1) is 10.5. The summed E-state index contributed by atoms with van der Waals surface area (Å²) in [5.74, 6) is -0.622. The van der Waals surface area contributed by atoms with Crippen molar-refractivity contribution in [3.05, 3.63) is 63.1 Å². The Morgan fingerprint density at radius 1 is 1.05 bits per heavy atom. The van der Waals surface area contributed by atoms with Gasteiger partial charge in [-0.25, -0.2) is 0 Å². The number of hydrazine groups is 1. The van der Waals surface area contributed by atoms with Gasteiger partial charge in [-0.2, -0.15) is 0 Å². The standard InChI is InChI=1S/C15H12BrClN2O3/c1-22-13-8-9(17)6-7-11(13)15(21)19-18-14(20)10-4-2-3-5-12(10)16/h2-8H,1H3,(H,18,20)(H,19,21). The molecule has 0 bridgehead atoms. The molecule has 0 aliphatic heterocycles. The number of hydrogen-bond donors (Lipinski definition) is 2. The molecule has 0 unspecified atom stereocenters. The largest absolute Gasteiger partial charge is 0.496 e. The van der Waals surface area contributed by atoms with Crippen molar-refractivity contribution in [3.63, 3.8) is 0 Å². The Balaban J connectivity index is 2.07. The lowest BCUT2D eigenvalue weighted by Gasteiger charge is -2.11. The Bertz CT molecular complexity index is 722. The highest BCUT2D eigenvalue weighted by atomic mass is 79.9. The van der Waals surface area contributed by atoms with E-state index in [2.05, 4.69) is 26.8 Å². The second kappa shape index (κ2) is 7.29. The quantitative estimate of drug-likeness (QED) is 0.800. The fourth-order valence-electron chi connectivity index (χ4n) is 1.75. The summed E-state index contributed by atoms with van der Waals surface area (Å²) < 4.78 is 5.72. The summed E-state index contributed by atoms with van der Waals surface area (Å²) in [6, 6.07) is 11.5. The fourth-order valence-corrected chi connectivity index (χ4v) is 2.37. The molecule has 0 aliphatic carbocycles. The van der Waals surface area contributed by atoms with Crippen LogP contribution >= 0.6 is 27.5 Å². The van der Waals surface area contributed by atoms with Crippen LogP contribution in [0, 0.1) is 0 Å². The van der Waals surface area contributed by atoms with Crippen LogP contribution in [-0.4, -0.2) is 18.9 Å². The van der Waals surface area contributed by atoms with Crippen LogP contribution < -0.4 is 15.6 Å². The third-order valence-electron chi connectivity index (χ3n) is 2.82. The lowest BCUT2D eigenvalue weighted by molar-refractivity contribution is 0.0844. The minimum Gasteiger partial charge on any atom is -0.496 e. The monoisotopic (exact) mass is 382 g/mol. The van der Waals surface area contributed by atoms with E-state index in [4.69, 9.17) is 16.3 Å². The van der Waals surface area contributed by atoms with Gasteiger partial charge in [0.05, 0.1) is 18.2 Å². The molecule has 22 heavy (non-hydrogen) atoms. The normalized spacial score (nSPS) is 9.95. The summed E-state index contributed by atoms with van der Waals surface area (Å²) in [5, 5.41) is 0.450. The van der Waals surface area contributed by atoms with E-state index in [1.54, 1.807) is 30.3 Å². The minimum atomic E-state index is -0.506. The smallest absolute Gasteiger partial charge is 0.273 e. The molecule has 2 rings (SSSR count). The second-order valence-corrected chi connectivity index (χ2v) is 5.52. The first-order valence-corrected chi connectivity index (χ1v) is 7.38. The van der Waals surface area contributed by atoms with Crippen molar-refractivity contribution in [2.75, 3.05) is 7.11 Å². The molecule has 0 atom stereocenters. The third kappa shape index (κ3) is 3.78. The molecule has 0 heterocycles. The number of carbonyl (C=O) groups excluding carboxylic acids is 2. The zero-order valence-electron chi connectivity index (χ0n) is 11.5. The molecule has 0 aromatic heterocycles. The van der Waals surface area contributed by atoms with Crippen molar-refractivity contribution >= 4 is 39.3 Å². The van der Waals surface area contributed by atoms with Crippen molar-refractivity contribution < 1.29 is 14.3 Å². The van der Waals surface area contributed by atoms with Crippen LogP contribution in [0.15, 0.2) is 46.9 Å². The van der Waals surface area contributed by atoms with E-state index in [0.29, 0.717) is 20.8 Å². The molecule has 0 fully saturated rings. The molecule has 5 nitrogen and oxygen atoms in total. The van der Waals surface area contributed by atoms with E-state index in [1.165, 1.54) is 19.2 Å². The van der Waals surface area contributed by atoms with Gasteiger partial charge >= 0.3 is 0 Å². The van der Waals surface area contributed by atoms with Gasteiger partial charge in [-0.1, -0.05) is 23.7 Å². The maximum atomic E-state index is 12.1. The summed E-state index contributed by atoms with van der Waals surface area (Å²) in [7, 11) is 1.43. The van der Waals surface area contributed by atoms with E-state index in [9.17, 15) is 9.59 Å². The van der Waals surface area contributed by atoms with Crippen LogP contribution in [0.2, 0.25) is 5.02 Å². The lowest BCUT2D eigenvalue weighted by atomic mass is 10.2. The van der Waals surface area contributed by atoms with Crippen LogP contribution in [0.25, 0.3) is 0 Å². The summed E-state index contributed by atoms with van der Waals surface area (Å²) in [5.41, 5.74) is 5.35. The van der Waals surface area contributed by atoms with Crippen LogP contribution in [0.4, 0.5) is 0 Å². The SMILES string of the molecule is COc1cc(Cl)ccc1C(=O)NNC(=O)c1ccccc1Br. The summed E-state index contributed by atoms with van der Waals surface area (Å²) in [6.45, 7) is 0. The first-order valence-electron chi connectivity index (χ1n) is 6.21. The topological polar surface area (TPSA) is 67.4 Å². The van der Waals surface area contributed by atoms with E-state index in [0.717, 1.165) is 0 Å². The van der Waals surface area contributed by atoms with Crippen LogP contribution in [0.3, 0.4) is 0 Å². The number of hydrogen-bond acceptors (Lipinski definition) is 3. The maximum Gasteiger partial charge on any atom is 0.273 e. The zero-order chi connectivity index (χ0) is 16.1. The molecule has 0 radical (unpaired) electrons. The molecular formula is C15H12BrClN2O3. The summed E-state index contributed by atoms with van der Waals surface area (Å²) in [4.78, 5) is 24.1. The van der Waals surface area contributed by atoms with Gasteiger partial charge in [0.15, 0.2) is 0 Å². The number of methoxy groups -OCH3 is 1. The number of nitrogens with one attached hydrogen (secondary N) is 2. The van der Waals surface area contributed by atoms with Gasteiger partial charge in [0.2, 0.25) is 0 Å². The molecule has 0 saturated carbocycles. The lowest BCUT2D eigenvalue weighted by Crippen LogP contribution is -2.41. The Morgan fingerprint density at radius 3 is 2.32 bits per heavy atom. The minimum absolute atomic E-state index is 0.263. The number of benzene rings is 2. The van der Waals surface area contributed by atoms with Gasteiger partial charge < -0.3 is 4.74 Å². The molecule has 2 N–H and O–H groups in total. The van der Waals surface area contributed by atoms with Crippen LogP contribution in [-0.2, 0) is 0 Å². The van der Waals surface area contributed by atoms with Crippen LogP contribution in [0.5, 0.6) is 5.75 Å². The Morgan fingerprint density at radius 2 is 1.68 bits per heavy atom. The van der Waals surface area contributed by atoms with E-state index >= 15 is 0 Å². The fraction of sp³-hybridized carbons (Fsp3) is 0.0667. The zero-order valence-corrected chi connectivity index (χ0v) is 13.9. The molecule has 0 saturated heterocycles. The molecule has 0 aliphatic rings. The van der Waals surface area contributed by atoms with Crippen molar-refractivity contribution in [1.82, 2.24) is 10.9 Å². The maximum absolute atomic E-state index is 12.1. The number of halogens is 2. The number of ether oxygens (including phenoxy) is 1. The first kappa shape index (κ1) is 16.3. The highest BCUT2D eigenvalue weighted by Crippen LogP contribution is 2.22. The average molecular weight is 384 g/mol. The third-order valence-corrected chi connectivity index (χ3v) is 3.74. The molecule has 2 amide bonds. The van der Waals surface area contributed by atoms with Crippen LogP contribution in [0.1, 0.15) is 20.7 Å². The molecule has 2 aromatic rings. The van der Waals surface area contributed by atoms with Gasteiger partial charge in [-0.15, -0.1) is 0 Å². The van der Waals surface area contributed by atoms with E-state index < -0.39 is 11.8 Å². The molecule has 7 heteroatoms. The Labute approximate surface area is 140 Å².